The van der Waals surface area contributed by atoms with Gasteiger partial charge in [-0.1, -0.05) is 19.1 Å². The van der Waals surface area contributed by atoms with E-state index in [1.54, 1.807) is 0 Å². The molecule has 0 atom stereocenters. The number of nitrogens with two attached hydrogens (primary N) is 1. The minimum absolute atomic E-state index is 0.631. The molecule has 2 rings (SSSR count). The fourth-order valence-corrected chi connectivity index (χ4v) is 2.33. The molecule has 0 aliphatic carbocycles. The highest BCUT2D eigenvalue weighted by Crippen LogP contribution is 2.21. The van der Waals surface area contributed by atoms with Crippen LogP contribution >= 0.6 is 11.8 Å². The van der Waals surface area contributed by atoms with Crippen LogP contribution in [0, 0.1) is 0 Å². The molecule has 1 aromatic heterocycles. The van der Waals surface area contributed by atoms with Crippen LogP contribution in [0.15, 0.2) is 41.6 Å². The lowest BCUT2D eigenvalue weighted by molar-refractivity contribution is 0.943. The van der Waals surface area contributed by atoms with Gasteiger partial charge in [0, 0.05) is 22.9 Å². The number of thioether (sulfide) groups is 1. The maximum Gasteiger partial charge on any atom is 0.159 e. The second kappa shape index (κ2) is 6.52. The third-order valence-corrected chi connectivity index (χ3v) is 3.46. The molecule has 1 heterocycles. The predicted octanol–water partition coefficient (Wildman–Crippen LogP) is 2.76. The summed E-state index contributed by atoms with van der Waals surface area (Å²) in [6, 6.07) is 8.35. The first-order chi connectivity index (χ1) is 8.83. The van der Waals surface area contributed by atoms with Gasteiger partial charge >= 0.3 is 0 Å². The van der Waals surface area contributed by atoms with Crippen molar-refractivity contribution in [2.75, 3.05) is 12.3 Å². The summed E-state index contributed by atoms with van der Waals surface area (Å²) in [7, 11) is 0. The number of rotatable bonds is 5. The second-order valence-electron chi connectivity index (χ2n) is 3.91. The van der Waals surface area contributed by atoms with E-state index in [1.165, 1.54) is 4.90 Å². The van der Waals surface area contributed by atoms with Gasteiger partial charge in [0.2, 0.25) is 0 Å². The topological polar surface area (TPSA) is 51.8 Å². The van der Waals surface area contributed by atoms with E-state index < -0.39 is 0 Å². The number of hydrogen-bond donors (Lipinski definition) is 1. The lowest BCUT2D eigenvalue weighted by atomic mass is 10.2. The molecule has 94 valence electrons. The minimum atomic E-state index is 0.631. The molecule has 0 amide bonds. The lowest BCUT2D eigenvalue weighted by Gasteiger charge is -2.03. The summed E-state index contributed by atoms with van der Waals surface area (Å²) >= 11 is 1.83. The molecule has 2 N–H and O–H groups in total. The highest BCUT2D eigenvalue weighted by Gasteiger charge is 2.01. The average Bonchev–Trinajstić information content (AvgIpc) is 2.41. The van der Waals surface area contributed by atoms with Crippen molar-refractivity contribution in [3.63, 3.8) is 0 Å². The quantitative estimate of drug-likeness (QED) is 0.839. The van der Waals surface area contributed by atoms with Crippen LogP contribution in [0.25, 0.3) is 11.4 Å². The van der Waals surface area contributed by atoms with Crippen molar-refractivity contribution in [1.82, 2.24) is 9.97 Å². The van der Waals surface area contributed by atoms with Crippen molar-refractivity contribution in [3.8, 4) is 11.4 Å². The summed E-state index contributed by atoms with van der Waals surface area (Å²) < 4.78 is 0. The highest BCUT2D eigenvalue weighted by atomic mass is 32.2. The van der Waals surface area contributed by atoms with Crippen molar-refractivity contribution in [2.45, 2.75) is 18.2 Å². The number of hydrogen-bond acceptors (Lipinski definition) is 4. The normalized spacial score (nSPS) is 10.6. The molecule has 1 aromatic carbocycles. The van der Waals surface area contributed by atoms with Crippen LogP contribution in [-0.2, 0) is 6.42 Å². The Bertz CT molecular complexity index is 432. The molecule has 18 heavy (non-hydrogen) atoms. The molecule has 0 radical (unpaired) electrons. The molecule has 0 aliphatic rings. The zero-order valence-corrected chi connectivity index (χ0v) is 11.3. The molecule has 4 heteroatoms. The Morgan fingerprint density at radius 1 is 1.11 bits per heavy atom. The highest BCUT2D eigenvalue weighted by molar-refractivity contribution is 7.99. The van der Waals surface area contributed by atoms with Crippen molar-refractivity contribution < 1.29 is 0 Å². The van der Waals surface area contributed by atoms with E-state index in [0.29, 0.717) is 6.54 Å². The molecule has 0 bridgehead atoms. The fraction of sp³-hybridized carbons (Fsp3) is 0.286. The Labute approximate surface area is 112 Å². The van der Waals surface area contributed by atoms with Gasteiger partial charge < -0.3 is 5.73 Å². The van der Waals surface area contributed by atoms with Gasteiger partial charge in [0.15, 0.2) is 5.82 Å². The van der Waals surface area contributed by atoms with Gasteiger partial charge in [0.25, 0.3) is 0 Å². The first kappa shape index (κ1) is 13.1. The van der Waals surface area contributed by atoms with Crippen LogP contribution in [0.4, 0.5) is 0 Å². The van der Waals surface area contributed by atoms with Crippen LogP contribution < -0.4 is 5.73 Å². The zero-order valence-electron chi connectivity index (χ0n) is 10.5. The fourth-order valence-electron chi connectivity index (χ4n) is 1.67. The van der Waals surface area contributed by atoms with Crippen molar-refractivity contribution in [3.05, 3.63) is 42.2 Å². The summed E-state index contributed by atoms with van der Waals surface area (Å²) in [4.78, 5) is 10.0. The molecule has 0 saturated heterocycles. The van der Waals surface area contributed by atoms with E-state index in [9.17, 15) is 0 Å². The van der Waals surface area contributed by atoms with Gasteiger partial charge in [-0.2, -0.15) is 0 Å². The van der Waals surface area contributed by atoms with Gasteiger partial charge in [-0.15, -0.1) is 11.8 Å². The third-order valence-electron chi connectivity index (χ3n) is 2.56. The van der Waals surface area contributed by atoms with Crippen molar-refractivity contribution in [2.24, 2.45) is 5.73 Å². The van der Waals surface area contributed by atoms with Gasteiger partial charge in [0.05, 0.1) is 0 Å². The van der Waals surface area contributed by atoms with E-state index >= 15 is 0 Å². The Morgan fingerprint density at radius 3 is 2.33 bits per heavy atom. The average molecular weight is 259 g/mol. The Morgan fingerprint density at radius 2 is 1.78 bits per heavy atom. The standard InChI is InChI=1S/C14H17N3S/c1-2-18-13-5-3-12(4-6-13)14-16-9-11(7-8-15)10-17-14/h3-6,9-10H,2,7-8,15H2,1H3. The SMILES string of the molecule is CCSc1ccc(-c2ncc(CCN)cn2)cc1. The summed E-state index contributed by atoms with van der Waals surface area (Å²) in [5, 5.41) is 0. The van der Waals surface area contributed by atoms with Gasteiger partial charge in [0.1, 0.15) is 0 Å². The van der Waals surface area contributed by atoms with Crippen molar-refractivity contribution in [1.29, 1.82) is 0 Å². The van der Waals surface area contributed by atoms with Gasteiger partial charge in [-0.05, 0) is 36.4 Å². The molecule has 3 nitrogen and oxygen atoms in total. The number of benzene rings is 1. The molecule has 0 aliphatic heterocycles. The Hall–Kier alpha value is -1.39. The minimum Gasteiger partial charge on any atom is -0.330 e. The van der Waals surface area contributed by atoms with Crippen LogP contribution in [0.1, 0.15) is 12.5 Å². The molecule has 0 unspecified atom stereocenters. The summed E-state index contributed by atoms with van der Waals surface area (Å²) in [5.74, 6) is 1.85. The molecule has 0 spiro atoms. The summed E-state index contributed by atoms with van der Waals surface area (Å²) in [6.45, 7) is 2.78. The van der Waals surface area contributed by atoms with E-state index in [1.807, 2.05) is 24.2 Å². The molecule has 0 saturated carbocycles. The molecular weight excluding hydrogens is 242 g/mol. The molecular formula is C14H17N3S. The van der Waals surface area contributed by atoms with E-state index in [2.05, 4.69) is 41.2 Å². The second-order valence-corrected chi connectivity index (χ2v) is 5.25. The summed E-state index contributed by atoms with van der Waals surface area (Å²) in [6.07, 6.45) is 4.53. The maximum atomic E-state index is 5.50. The van der Waals surface area contributed by atoms with Crippen LogP contribution in [-0.4, -0.2) is 22.3 Å². The predicted molar refractivity (Wildman–Crippen MR) is 76.6 cm³/mol. The van der Waals surface area contributed by atoms with E-state index in [4.69, 9.17) is 5.73 Å². The van der Waals surface area contributed by atoms with Crippen LogP contribution in [0.5, 0.6) is 0 Å². The smallest absolute Gasteiger partial charge is 0.159 e. The number of nitrogens with zero attached hydrogens (tertiary/aromatic N) is 2. The first-order valence-electron chi connectivity index (χ1n) is 6.07. The van der Waals surface area contributed by atoms with Crippen molar-refractivity contribution >= 4 is 11.8 Å². The molecule has 0 fully saturated rings. The van der Waals surface area contributed by atoms with Gasteiger partial charge in [-0.25, -0.2) is 9.97 Å². The Balaban J connectivity index is 2.15. The largest absolute Gasteiger partial charge is 0.330 e. The Kier molecular flexibility index (Phi) is 4.73. The van der Waals surface area contributed by atoms with Crippen LogP contribution in [0.2, 0.25) is 0 Å². The maximum absolute atomic E-state index is 5.50. The van der Waals surface area contributed by atoms with E-state index in [0.717, 1.165) is 29.1 Å². The zero-order chi connectivity index (χ0) is 12.8. The lowest BCUT2D eigenvalue weighted by Crippen LogP contribution is -2.03. The third kappa shape index (κ3) is 3.31. The van der Waals surface area contributed by atoms with E-state index in [-0.39, 0.29) is 0 Å². The van der Waals surface area contributed by atoms with Crippen LogP contribution in [0.3, 0.4) is 0 Å². The monoisotopic (exact) mass is 259 g/mol. The summed E-state index contributed by atoms with van der Waals surface area (Å²) in [5.41, 5.74) is 7.63. The number of aromatic nitrogens is 2. The first-order valence-corrected chi connectivity index (χ1v) is 7.06. The van der Waals surface area contributed by atoms with Gasteiger partial charge in [-0.3, -0.25) is 0 Å². The molecule has 2 aromatic rings.